The van der Waals surface area contributed by atoms with Crippen molar-refractivity contribution in [3.05, 3.63) is 141 Å². The predicted octanol–water partition coefficient (Wildman–Crippen LogP) is -14.8. The molecule has 2 heterocycles. The van der Waals surface area contributed by atoms with Gasteiger partial charge in [-0.15, -0.1) is 10.2 Å². The molecule has 0 spiro atoms. The van der Waals surface area contributed by atoms with Crippen LogP contribution in [0.15, 0.2) is 157 Å². The number of carboxylic acids is 1. The van der Waals surface area contributed by atoms with E-state index >= 15 is 0 Å². The maximum absolute atomic E-state index is 13.8. The number of hydrazone groups is 1. The zero-order valence-electron chi connectivity index (χ0n) is 42.0. The van der Waals surface area contributed by atoms with E-state index < -0.39 is 160 Å². The Kier molecular flexibility index (Phi) is 27.8. The first-order chi connectivity index (χ1) is 35.8. The minimum absolute atomic E-state index is 0. The number of halogens is 2. The number of carbonyl (C=O) groups is 1. The van der Waals surface area contributed by atoms with Gasteiger partial charge in [0.05, 0.1) is 54.8 Å². The summed E-state index contributed by atoms with van der Waals surface area (Å²) in [6.07, 6.45) is 0. The van der Waals surface area contributed by atoms with Crippen LogP contribution in [0, 0.1) is 0 Å². The number of amidine groups is 1. The summed E-state index contributed by atoms with van der Waals surface area (Å²) in [6.45, 7) is 0. The van der Waals surface area contributed by atoms with Gasteiger partial charge in [-0.3, -0.25) is 24.5 Å². The van der Waals surface area contributed by atoms with Gasteiger partial charge in [-0.2, -0.15) is 31.9 Å². The van der Waals surface area contributed by atoms with Gasteiger partial charge in [0.15, 0.2) is 0 Å². The number of hydrogen-bond donors (Lipinski definition) is 7. The van der Waals surface area contributed by atoms with E-state index in [0.717, 1.165) is 24.3 Å². The van der Waals surface area contributed by atoms with Crippen molar-refractivity contribution in [1.29, 1.82) is 0 Å². The fourth-order valence-corrected chi connectivity index (χ4v) is 9.18. The summed E-state index contributed by atoms with van der Waals surface area (Å²) in [5.74, 6) is -3.68. The molecule has 0 amide bonds. The van der Waals surface area contributed by atoms with Gasteiger partial charge in [-0.25, -0.2) is 45.2 Å². The Morgan fingerprint density at radius 3 is 1.55 bits per heavy atom. The maximum atomic E-state index is 13.8. The minimum Gasteiger partial charge on any atom is -0.870 e. The van der Waals surface area contributed by atoms with Crippen molar-refractivity contribution in [2.75, 3.05) is 5.43 Å². The van der Waals surface area contributed by atoms with E-state index in [9.17, 15) is 79.9 Å². The maximum Gasteiger partial charge on any atom is 1.00 e. The van der Waals surface area contributed by atoms with Crippen LogP contribution in [-0.4, -0.2) is 107 Å². The molecule has 402 valence electrons. The van der Waals surface area contributed by atoms with Crippen LogP contribution < -0.4 is 186 Å². The molecule has 0 aliphatic carbocycles. The second-order valence-electron chi connectivity index (χ2n) is 14.6. The first kappa shape index (κ1) is 74.9. The van der Waals surface area contributed by atoms with E-state index in [2.05, 4.69) is 70.6 Å². The molecule has 0 radical (unpaired) electrons. The number of carbonyl (C=O) groups excluding carboxylic acids is 1. The van der Waals surface area contributed by atoms with E-state index in [1.807, 2.05) is 0 Å². The van der Waals surface area contributed by atoms with Gasteiger partial charge in [0, 0.05) is 11.1 Å². The second-order valence-corrected chi connectivity index (χ2v) is 22.2. The molecule has 7 rings (SSSR count). The minimum atomic E-state index is -5.47. The van der Waals surface area contributed by atoms with Gasteiger partial charge in [-0.1, -0.05) is 42.1 Å². The topological polar surface area (TPSA) is 531 Å². The standard InChI is InChI=1S/C38H28Cl2N14O18S5.5Na/c39-33-45-35(41-18-7-4-8-19(11-18)73(58,59)60)49-36(46-33)42-24-15-29(77(70,71)72)25(16-28(24)76(67,68)69)43-37-47-34(40)48-38(50-37)44-26-13-21(75(64,65)66)14-27(30(26)55)52-54-31(17-5-2-1-3-6-17)53-51-23-10-9-20(74(61,62)63)12-22(23)32(56)57;;;;;/h1-16,51,55H,(H,56,57)(H,58,59,60)(H,61,62,63)(H,64,65,66)(H,67,68,69)(H,70,71,72)(H2,41,42,45,46,49)(H2,43,44,47,48,50);;;;;/q;5*+1/p-5/b53-31-,54-52?;;;;;. The van der Waals surface area contributed by atoms with Crippen LogP contribution in [0.1, 0.15) is 15.9 Å². The predicted molar refractivity (Wildman–Crippen MR) is 251 cm³/mol. The largest absolute Gasteiger partial charge is 1.00 e. The Morgan fingerprint density at radius 2 is 1.04 bits per heavy atom. The number of azo groups is 1. The van der Waals surface area contributed by atoms with Crippen LogP contribution in [0.25, 0.3) is 0 Å². The van der Waals surface area contributed by atoms with Gasteiger partial charge in [0.1, 0.15) is 40.1 Å². The molecule has 0 aliphatic heterocycles. The fraction of sp³-hybridized carbons (Fsp3) is 0. The van der Waals surface area contributed by atoms with Crippen LogP contribution in [0.5, 0.6) is 5.75 Å². The zero-order chi connectivity index (χ0) is 56.4. The number of aromatic nitrogens is 6. The number of carboxylic acid groups (broad SMARTS) is 1. The SMILES string of the molecule is O=C([O-])c1cc(S(=O)(=O)[O-])ccc1N/N=C(\N=Nc1cc(S(=O)(=O)[O-])cc(N=c2[nH]c(Cl)nc(=Nc3cc(S(=O)(=O)O)c(N=c4[nH]c(Cl)nc(=Nc5cccc(S(=O)(=O)[O-])c5)[nH]4)cc3S(=O)(=O)O)[nH]2)c1[O-])c1ccccc1.[Na+].[Na+].[Na+].[Na+].[Na+]. The molecule has 0 saturated carbocycles. The number of aromatic amines is 4. The summed E-state index contributed by atoms with van der Waals surface area (Å²) < 4.78 is 178. The summed E-state index contributed by atoms with van der Waals surface area (Å²) >= 11 is 12.2. The molecule has 44 heteroatoms. The summed E-state index contributed by atoms with van der Waals surface area (Å²) in [4.78, 5) is 39.3. The monoisotopic (exact) mass is 1310 g/mol. The molecule has 0 atom stereocenters. The van der Waals surface area contributed by atoms with Gasteiger partial charge >= 0.3 is 148 Å². The number of nitrogens with zero attached hydrogens (tertiary/aromatic N) is 9. The second kappa shape index (κ2) is 30.4. The normalized spacial score (nSPS) is 13.0. The molecule has 0 fully saturated rings. The number of rotatable bonds is 14. The van der Waals surface area contributed by atoms with Crippen molar-refractivity contribution in [1.82, 2.24) is 29.9 Å². The number of hydrogen-bond acceptors (Lipinski definition) is 25. The molecule has 7 aromatic rings. The zero-order valence-corrected chi connectivity index (χ0v) is 57.6. The number of aromatic carboxylic acids is 1. The molecule has 0 saturated heterocycles. The van der Waals surface area contributed by atoms with Crippen molar-refractivity contribution >= 4 is 120 Å². The third-order valence-electron chi connectivity index (χ3n) is 9.32. The first-order valence-electron chi connectivity index (χ1n) is 19.8. The van der Waals surface area contributed by atoms with Crippen molar-refractivity contribution < 1.29 is 228 Å². The molecule has 0 unspecified atom stereocenters. The smallest absolute Gasteiger partial charge is 0.870 e. The Labute approximate surface area is 581 Å². The van der Waals surface area contributed by atoms with E-state index in [1.165, 1.54) is 36.4 Å². The Balaban J connectivity index is 0.00000459. The van der Waals surface area contributed by atoms with E-state index in [0.29, 0.717) is 30.3 Å². The van der Waals surface area contributed by atoms with E-state index in [-0.39, 0.29) is 159 Å². The van der Waals surface area contributed by atoms with E-state index in [4.69, 9.17) is 23.2 Å². The molecule has 0 aliphatic rings. The van der Waals surface area contributed by atoms with Crippen molar-refractivity contribution in [2.24, 2.45) is 35.3 Å². The summed E-state index contributed by atoms with van der Waals surface area (Å²) in [5.41, 5.74) is -5.38. The number of anilines is 1. The summed E-state index contributed by atoms with van der Waals surface area (Å²) in [5, 5.41) is 36.0. The first-order valence-corrected chi connectivity index (χ1v) is 27.7. The Hall–Kier alpha value is -3.21. The quantitative estimate of drug-likeness (QED) is 0.0133. The number of benzene rings is 5. The van der Waals surface area contributed by atoms with Crippen LogP contribution in [0.3, 0.4) is 0 Å². The molecule has 0 bridgehead atoms. The van der Waals surface area contributed by atoms with Crippen molar-refractivity contribution in [3.8, 4) is 5.75 Å². The Bertz CT molecular complexity index is 4580. The van der Waals surface area contributed by atoms with Crippen molar-refractivity contribution in [3.63, 3.8) is 0 Å². The summed E-state index contributed by atoms with van der Waals surface area (Å²) in [6, 6.07) is 15.4. The van der Waals surface area contributed by atoms with Crippen LogP contribution >= 0.6 is 23.2 Å². The Morgan fingerprint density at radius 1 is 0.549 bits per heavy atom. The van der Waals surface area contributed by atoms with Crippen molar-refractivity contribution in [2.45, 2.75) is 24.5 Å². The molecule has 5 aromatic carbocycles. The van der Waals surface area contributed by atoms with Gasteiger partial charge in [0.25, 0.3) is 20.2 Å². The average molecular weight is 1310 g/mol. The molecular formula is C38H23Cl2N14Na5O18S5. The van der Waals surface area contributed by atoms with Gasteiger partial charge in [0.2, 0.25) is 38.9 Å². The van der Waals surface area contributed by atoms with Crippen LogP contribution in [0.4, 0.5) is 34.1 Å². The average Bonchev–Trinajstić information content (AvgIpc) is 3.31. The molecule has 7 N–H and O–H groups in total. The number of H-pyrrole nitrogens is 4. The molecule has 82 heavy (non-hydrogen) atoms. The molecule has 32 nitrogen and oxygen atoms in total. The van der Waals surface area contributed by atoms with E-state index in [1.54, 1.807) is 6.07 Å². The van der Waals surface area contributed by atoms with Crippen LogP contribution in [0.2, 0.25) is 10.6 Å². The van der Waals surface area contributed by atoms with Gasteiger partial charge in [-0.05, 0) is 83.9 Å². The molecule has 2 aromatic heterocycles. The van der Waals surface area contributed by atoms with Crippen LogP contribution in [-0.2, 0) is 50.6 Å². The third kappa shape index (κ3) is 20.2. The van der Waals surface area contributed by atoms with Gasteiger partial charge < -0.3 is 38.6 Å². The molecular weight excluding hydrogens is 1290 g/mol. The third-order valence-corrected chi connectivity index (χ3v) is 13.9. The fourth-order valence-electron chi connectivity index (χ4n) is 6.06. The number of nitrogens with one attached hydrogen (secondary N) is 5. The summed E-state index contributed by atoms with van der Waals surface area (Å²) in [7, 11) is -26.4.